The zero-order valence-corrected chi connectivity index (χ0v) is 15.9. The van der Waals surface area contributed by atoms with Crippen LogP contribution in [-0.4, -0.2) is 15.9 Å². The summed E-state index contributed by atoms with van der Waals surface area (Å²) in [5, 5.41) is 5.77. The topological polar surface area (TPSA) is 66.9 Å². The monoisotopic (exact) mass is 384 g/mol. The lowest BCUT2D eigenvalue weighted by Gasteiger charge is -2.10. The normalized spacial score (nSPS) is 10.6. The second-order valence-electron chi connectivity index (χ2n) is 6.30. The van der Waals surface area contributed by atoms with Crippen molar-refractivity contribution < 1.29 is 9.18 Å². The highest BCUT2D eigenvalue weighted by Crippen LogP contribution is 2.22. The number of anilines is 3. The summed E-state index contributed by atoms with van der Waals surface area (Å²) in [6.45, 7) is 5.69. The van der Waals surface area contributed by atoms with E-state index in [-0.39, 0.29) is 22.6 Å². The molecule has 3 aromatic rings. The van der Waals surface area contributed by atoms with Crippen molar-refractivity contribution >= 4 is 34.8 Å². The standard InChI is InChI=1S/C20H18ClFN4O/c1-11-6-12(2)8-15(7-11)24-19(27)18-9-13(3)23-20(26-18)25-14-4-5-17(22)16(21)10-14/h4-10H,1-3H3,(H,24,27)(H,23,25,26). The van der Waals surface area contributed by atoms with E-state index in [9.17, 15) is 9.18 Å². The van der Waals surface area contributed by atoms with E-state index in [2.05, 4.69) is 20.6 Å². The van der Waals surface area contributed by atoms with Crippen molar-refractivity contribution in [3.63, 3.8) is 0 Å². The number of benzene rings is 2. The lowest BCUT2D eigenvalue weighted by molar-refractivity contribution is 0.102. The average molecular weight is 385 g/mol. The number of hydrogen-bond donors (Lipinski definition) is 2. The summed E-state index contributed by atoms with van der Waals surface area (Å²) < 4.78 is 13.3. The van der Waals surface area contributed by atoms with Crippen LogP contribution < -0.4 is 10.6 Å². The van der Waals surface area contributed by atoms with Crippen LogP contribution in [0.15, 0.2) is 42.5 Å². The van der Waals surface area contributed by atoms with Gasteiger partial charge in [-0.15, -0.1) is 0 Å². The van der Waals surface area contributed by atoms with Crippen molar-refractivity contribution in [2.45, 2.75) is 20.8 Å². The fourth-order valence-corrected chi connectivity index (χ4v) is 2.87. The van der Waals surface area contributed by atoms with Crippen molar-refractivity contribution in [1.29, 1.82) is 0 Å². The lowest BCUT2D eigenvalue weighted by Crippen LogP contribution is -2.15. The first-order chi connectivity index (χ1) is 12.8. The summed E-state index contributed by atoms with van der Waals surface area (Å²) in [6.07, 6.45) is 0. The number of hydrogen-bond acceptors (Lipinski definition) is 4. The number of nitrogens with zero attached hydrogens (tertiary/aromatic N) is 2. The molecule has 27 heavy (non-hydrogen) atoms. The molecule has 0 aliphatic heterocycles. The number of aromatic nitrogens is 2. The molecule has 5 nitrogen and oxygen atoms in total. The largest absolute Gasteiger partial charge is 0.324 e. The Hall–Kier alpha value is -2.99. The Balaban J connectivity index is 1.83. The van der Waals surface area contributed by atoms with Crippen molar-refractivity contribution in [2.75, 3.05) is 10.6 Å². The minimum Gasteiger partial charge on any atom is -0.324 e. The molecule has 0 radical (unpaired) electrons. The Morgan fingerprint density at radius 1 is 0.963 bits per heavy atom. The molecule has 0 spiro atoms. The predicted molar refractivity (Wildman–Crippen MR) is 105 cm³/mol. The molecule has 1 amide bonds. The van der Waals surface area contributed by atoms with Gasteiger partial charge in [0.15, 0.2) is 0 Å². The quantitative estimate of drug-likeness (QED) is 0.649. The molecule has 0 atom stereocenters. The van der Waals surface area contributed by atoms with E-state index < -0.39 is 5.82 Å². The van der Waals surface area contributed by atoms with E-state index >= 15 is 0 Å². The van der Waals surface area contributed by atoms with Crippen molar-refractivity contribution in [1.82, 2.24) is 9.97 Å². The molecule has 0 unspecified atom stereocenters. The van der Waals surface area contributed by atoms with E-state index in [0.29, 0.717) is 17.1 Å². The van der Waals surface area contributed by atoms with Gasteiger partial charge in [-0.2, -0.15) is 0 Å². The van der Waals surface area contributed by atoms with Gasteiger partial charge in [0.05, 0.1) is 5.02 Å². The van der Waals surface area contributed by atoms with Gasteiger partial charge in [-0.25, -0.2) is 14.4 Å². The third-order valence-corrected chi connectivity index (χ3v) is 4.03. The summed E-state index contributed by atoms with van der Waals surface area (Å²) in [7, 11) is 0. The van der Waals surface area contributed by atoms with Gasteiger partial charge < -0.3 is 10.6 Å². The number of carbonyl (C=O) groups is 1. The Kier molecular flexibility index (Phi) is 5.37. The van der Waals surface area contributed by atoms with Gasteiger partial charge in [0.1, 0.15) is 11.5 Å². The Bertz CT molecular complexity index is 1000. The van der Waals surface area contributed by atoms with Crippen molar-refractivity contribution in [3.8, 4) is 0 Å². The molecular formula is C20H18ClFN4O. The van der Waals surface area contributed by atoms with Gasteiger partial charge >= 0.3 is 0 Å². The zero-order valence-electron chi connectivity index (χ0n) is 15.1. The third-order valence-electron chi connectivity index (χ3n) is 3.74. The molecule has 2 N–H and O–H groups in total. The number of halogens is 2. The molecule has 0 bridgehead atoms. The summed E-state index contributed by atoms with van der Waals surface area (Å²) >= 11 is 5.79. The predicted octanol–water partition coefficient (Wildman–Crippen LogP) is 5.19. The van der Waals surface area contributed by atoms with E-state index in [1.165, 1.54) is 18.2 Å². The molecule has 2 aromatic carbocycles. The Morgan fingerprint density at radius 3 is 2.33 bits per heavy atom. The van der Waals surface area contributed by atoms with Gasteiger partial charge in [0.2, 0.25) is 5.95 Å². The molecule has 0 aliphatic rings. The molecular weight excluding hydrogens is 367 g/mol. The third kappa shape index (κ3) is 4.80. The molecule has 138 valence electrons. The van der Waals surface area contributed by atoms with Crippen LogP contribution >= 0.6 is 11.6 Å². The number of rotatable bonds is 4. The average Bonchev–Trinajstić information content (AvgIpc) is 2.56. The van der Waals surface area contributed by atoms with Crippen LogP contribution in [0.1, 0.15) is 27.3 Å². The first-order valence-corrected chi connectivity index (χ1v) is 8.65. The van der Waals surface area contributed by atoms with E-state index in [4.69, 9.17) is 11.6 Å². The van der Waals surface area contributed by atoms with Crippen LogP contribution in [0.25, 0.3) is 0 Å². The minimum absolute atomic E-state index is 0.0135. The first-order valence-electron chi connectivity index (χ1n) is 8.27. The summed E-state index contributed by atoms with van der Waals surface area (Å²) in [5.41, 5.74) is 4.17. The fourth-order valence-electron chi connectivity index (χ4n) is 2.69. The molecule has 1 aromatic heterocycles. The van der Waals surface area contributed by atoms with Gasteiger partial charge in [-0.1, -0.05) is 17.7 Å². The molecule has 0 aliphatic carbocycles. The molecule has 1 heterocycles. The lowest BCUT2D eigenvalue weighted by atomic mass is 10.1. The van der Waals surface area contributed by atoms with E-state index in [0.717, 1.165) is 11.1 Å². The second kappa shape index (κ2) is 7.72. The number of nitrogens with one attached hydrogen (secondary N) is 2. The number of amides is 1. The zero-order chi connectivity index (χ0) is 19.6. The van der Waals surface area contributed by atoms with Crippen molar-refractivity contribution in [2.24, 2.45) is 0 Å². The molecule has 7 heteroatoms. The number of carbonyl (C=O) groups excluding carboxylic acids is 1. The minimum atomic E-state index is -0.513. The van der Waals surface area contributed by atoms with Gasteiger partial charge in [-0.3, -0.25) is 4.79 Å². The van der Waals surface area contributed by atoms with E-state index in [1.54, 1.807) is 13.0 Å². The van der Waals surface area contributed by atoms with Crippen LogP contribution in [0.4, 0.5) is 21.7 Å². The molecule has 3 rings (SSSR count). The van der Waals surface area contributed by atoms with Crippen LogP contribution in [-0.2, 0) is 0 Å². The summed E-state index contributed by atoms with van der Waals surface area (Å²) in [4.78, 5) is 21.1. The Labute approximate surface area is 161 Å². The molecule has 0 saturated carbocycles. The maximum atomic E-state index is 13.3. The maximum Gasteiger partial charge on any atom is 0.274 e. The van der Waals surface area contributed by atoms with Gasteiger partial charge in [-0.05, 0) is 68.3 Å². The van der Waals surface area contributed by atoms with Crippen LogP contribution in [0, 0.1) is 26.6 Å². The first kappa shape index (κ1) is 18.8. The highest BCUT2D eigenvalue weighted by Gasteiger charge is 2.12. The highest BCUT2D eigenvalue weighted by atomic mass is 35.5. The SMILES string of the molecule is Cc1cc(C)cc(NC(=O)c2cc(C)nc(Nc3ccc(F)c(Cl)c3)n2)c1. The van der Waals surface area contributed by atoms with E-state index in [1.807, 2.05) is 32.0 Å². The molecule has 0 fully saturated rings. The smallest absolute Gasteiger partial charge is 0.274 e. The van der Waals surface area contributed by atoms with Gasteiger partial charge in [0.25, 0.3) is 5.91 Å². The Morgan fingerprint density at radius 2 is 1.67 bits per heavy atom. The summed E-state index contributed by atoms with van der Waals surface area (Å²) in [6, 6.07) is 11.6. The highest BCUT2D eigenvalue weighted by molar-refractivity contribution is 6.31. The van der Waals surface area contributed by atoms with Crippen molar-refractivity contribution in [3.05, 3.63) is 75.8 Å². The number of aryl methyl sites for hydroxylation is 3. The van der Waals surface area contributed by atoms with Gasteiger partial charge in [0, 0.05) is 17.1 Å². The van der Waals surface area contributed by atoms with Crippen LogP contribution in [0.5, 0.6) is 0 Å². The molecule has 0 saturated heterocycles. The fraction of sp³-hybridized carbons (Fsp3) is 0.150. The van der Waals surface area contributed by atoms with Crippen LogP contribution in [0.2, 0.25) is 5.02 Å². The second-order valence-corrected chi connectivity index (χ2v) is 6.71. The van der Waals surface area contributed by atoms with Crippen LogP contribution in [0.3, 0.4) is 0 Å². The summed E-state index contributed by atoms with van der Waals surface area (Å²) in [5.74, 6) is -0.630. The maximum absolute atomic E-state index is 13.3.